The molecule has 1 aliphatic rings. The third kappa shape index (κ3) is 3.25. The minimum Gasteiger partial charge on any atom is -0.324 e. The number of anilines is 1. The second-order valence-corrected chi connectivity index (χ2v) is 6.06. The fourth-order valence-corrected chi connectivity index (χ4v) is 2.73. The number of carbonyl (C=O) groups excluding carboxylic acids is 1. The van der Waals surface area contributed by atoms with E-state index in [1.807, 2.05) is 48.5 Å². The van der Waals surface area contributed by atoms with Crippen molar-refractivity contribution in [3.8, 4) is 23.5 Å². The lowest BCUT2D eigenvalue weighted by Crippen LogP contribution is -2.51. The number of para-hydroxylation sites is 1. The lowest BCUT2D eigenvalue weighted by atomic mass is 10.00. The quantitative estimate of drug-likeness (QED) is 0.668. The normalized spacial score (nSPS) is 19.3. The molecular formula is C20H18FN3O. The molecule has 1 heterocycles. The Kier molecular flexibility index (Phi) is 4.30. The van der Waals surface area contributed by atoms with Crippen LogP contribution in [0.25, 0.3) is 11.1 Å². The molecular weight excluding hydrogens is 317 g/mol. The summed E-state index contributed by atoms with van der Waals surface area (Å²) in [7, 11) is 1.52. The summed E-state index contributed by atoms with van der Waals surface area (Å²) in [4.78, 5) is 12.7. The Labute approximate surface area is 146 Å². The Morgan fingerprint density at radius 2 is 1.92 bits per heavy atom. The maximum atomic E-state index is 13.7. The Balaban J connectivity index is 1.89. The van der Waals surface area contributed by atoms with Gasteiger partial charge in [-0.3, -0.25) is 9.80 Å². The van der Waals surface area contributed by atoms with E-state index in [0.717, 1.165) is 16.7 Å². The molecule has 0 saturated heterocycles. The van der Waals surface area contributed by atoms with E-state index in [1.54, 1.807) is 6.92 Å². The molecule has 25 heavy (non-hydrogen) atoms. The number of terminal acetylenes is 1. The maximum Gasteiger partial charge on any atom is 0.250 e. The lowest BCUT2D eigenvalue weighted by molar-refractivity contribution is -0.120. The van der Waals surface area contributed by atoms with E-state index in [2.05, 4.69) is 16.7 Å². The van der Waals surface area contributed by atoms with Crippen LogP contribution in [-0.4, -0.2) is 23.5 Å². The number of benzene rings is 2. The summed E-state index contributed by atoms with van der Waals surface area (Å²) in [5.74, 6) is 1.74. The molecule has 0 aromatic heterocycles. The van der Waals surface area contributed by atoms with Gasteiger partial charge in [-0.25, -0.2) is 5.43 Å². The number of halogens is 1. The molecule has 5 heteroatoms. The number of nitrogens with one attached hydrogen (secondary N) is 2. The first-order valence-electron chi connectivity index (χ1n) is 7.80. The van der Waals surface area contributed by atoms with Crippen molar-refractivity contribution in [2.45, 2.75) is 12.5 Å². The molecule has 1 atom stereocenters. The van der Waals surface area contributed by atoms with Gasteiger partial charge in [0.2, 0.25) is 11.9 Å². The first-order chi connectivity index (χ1) is 11.9. The number of amides is 1. The Bertz CT molecular complexity index is 883. The van der Waals surface area contributed by atoms with E-state index in [1.165, 1.54) is 18.1 Å². The first kappa shape index (κ1) is 16.7. The molecule has 1 unspecified atom stereocenters. The molecule has 1 aliphatic heterocycles. The largest absolute Gasteiger partial charge is 0.324 e. The number of hydrogen-bond donors (Lipinski definition) is 2. The number of hydrazine groups is 1. The SMILES string of the molecule is C#Cc1ccc(-c2ccccc2NC(=O)C2(C)C=C(F)N(C)N2)cc1. The van der Waals surface area contributed by atoms with Crippen molar-refractivity contribution in [3.63, 3.8) is 0 Å². The molecule has 126 valence electrons. The van der Waals surface area contributed by atoms with Crippen LogP contribution in [0.15, 0.2) is 60.6 Å². The third-order valence-electron chi connectivity index (χ3n) is 4.14. The predicted octanol–water partition coefficient (Wildman–Crippen LogP) is 3.29. The Morgan fingerprint density at radius 1 is 1.24 bits per heavy atom. The molecule has 0 saturated carbocycles. The highest BCUT2D eigenvalue weighted by atomic mass is 19.1. The van der Waals surface area contributed by atoms with Gasteiger partial charge in [-0.15, -0.1) is 6.42 Å². The Morgan fingerprint density at radius 3 is 2.52 bits per heavy atom. The van der Waals surface area contributed by atoms with Crippen molar-refractivity contribution in [1.29, 1.82) is 0 Å². The minimum atomic E-state index is -1.15. The van der Waals surface area contributed by atoms with E-state index >= 15 is 0 Å². The van der Waals surface area contributed by atoms with E-state index in [4.69, 9.17) is 6.42 Å². The van der Waals surface area contributed by atoms with Crippen LogP contribution in [0, 0.1) is 12.3 Å². The summed E-state index contributed by atoms with van der Waals surface area (Å²) in [6, 6.07) is 15.0. The maximum absolute atomic E-state index is 13.7. The summed E-state index contributed by atoms with van der Waals surface area (Å²) >= 11 is 0. The zero-order valence-electron chi connectivity index (χ0n) is 14.0. The van der Waals surface area contributed by atoms with Crippen molar-refractivity contribution in [3.05, 3.63) is 66.1 Å². The highest BCUT2D eigenvalue weighted by molar-refractivity contribution is 6.02. The van der Waals surface area contributed by atoms with Gasteiger partial charge in [0, 0.05) is 29.9 Å². The molecule has 2 aromatic rings. The molecule has 0 bridgehead atoms. The number of nitrogens with zero attached hydrogens (tertiary/aromatic N) is 1. The zero-order chi connectivity index (χ0) is 18.0. The van der Waals surface area contributed by atoms with Crippen molar-refractivity contribution in [1.82, 2.24) is 10.4 Å². The van der Waals surface area contributed by atoms with Crippen molar-refractivity contribution >= 4 is 11.6 Å². The first-order valence-corrected chi connectivity index (χ1v) is 7.80. The Hall–Kier alpha value is -3.10. The fraction of sp³-hybridized carbons (Fsp3) is 0.150. The number of carbonyl (C=O) groups is 1. The predicted molar refractivity (Wildman–Crippen MR) is 96.9 cm³/mol. The van der Waals surface area contributed by atoms with Crippen LogP contribution in [0.4, 0.5) is 10.1 Å². The van der Waals surface area contributed by atoms with Gasteiger partial charge in [-0.2, -0.15) is 4.39 Å². The van der Waals surface area contributed by atoms with Crippen molar-refractivity contribution in [2.24, 2.45) is 0 Å². The average Bonchev–Trinajstić information content (AvgIpc) is 2.89. The van der Waals surface area contributed by atoms with Gasteiger partial charge in [0.25, 0.3) is 0 Å². The van der Waals surface area contributed by atoms with E-state index in [9.17, 15) is 9.18 Å². The van der Waals surface area contributed by atoms with Gasteiger partial charge in [-0.1, -0.05) is 36.3 Å². The third-order valence-corrected chi connectivity index (χ3v) is 4.14. The van der Waals surface area contributed by atoms with Crippen LogP contribution in [0.2, 0.25) is 0 Å². The molecule has 4 nitrogen and oxygen atoms in total. The molecule has 2 aromatic carbocycles. The van der Waals surface area contributed by atoms with Gasteiger partial charge in [0.05, 0.1) is 0 Å². The smallest absolute Gasteiger partial charge is 0.250 e. The van der Waals surface area contributed by atoms with Gasteiger partial charge in [0.15, 0.2) is 0 Å². The summed E-state index contributed by atoms with van der Waals surface area (Å²) in [6.45, 7) is 1.62. The molecule has 0 spiro atoms. The van der Waals surface area contributed by atoms with Crippen LogP contribution in [0.3, 0.4) is 0 Å². The highest BCUT2D eigenvalue weighted by Crippen LogP contribution is 2.29. The summed E-state index contributed by atoms with van der Waals surface area (Å²) < 4.78 is 13.7. The van der Waals surface area contributed by atoms with Crippen LogP contribution in [0.1, 0.15) is 12.5 Å². The van der Waals surface area contributed by atoms with Crippen LogP contribution in [0.5, 0.6) is 0 Å². The molecule has 0 aliphatic carbocycles. The van der Waals surface area contributed by atoms with Crippen LogP contribution in [-0.2, 0) is 4.79 Å². The van der Waals surface area contributed by atoms with Crippen molar-refractivity contribution < 1.29 is 9.18 Å². The fourth-order valence-electron chi connectivity index (χ4n) is 2.73. The summed E-state index contributed by atoms with van der Waals surface area (Å²) in [5.41, 5.74) is 4.88. The molecule has 0 radical (unpaired) electrons. The number of hydrogen-bond acceptors (Lipinski definition) is 3. The molecule has 3 rings (SSSR count). The monoisotopic (exact) mass is 335 g/mol. The standard InChI is InChI=1S/C20H18FN3O/c1-4-14-9-11-15(12-10-14)16-7-5-6-8-17(16)22-19(25)20(2)13-18(21)24(3)23-20/h1,5-13,23H,2-3H3,(H,22,25). The van der Waals surface area contributed by atoms with E-state index < -0.39 is 11.5 Å². The van der Waals surface area contributed by atoms with Crippen LogP contribution < -0.4 is 10.7 Å². The summed E-state index contributed by atoms with van der Waals surface area (Å²) in [5, 5.41) is 4.07. The minimum absolute atomic E-state index is 0.348. The molecule has 1 amide bonds. The van der Waals surface area contributed by atoms with Gasteiger partial charge < -0.3 is 5.32 Å². The second kappa shape index (κ2) is 6.42. The molecule has 2 N–H and O–H groups in total. The van der Waals surface area contributed by atoms with Crippen molar-refractivity contribution in [2.75, 3.05) is 12.4 Å². The van der Waals surface area contributed by atoms with E-state index in [-0.39, 0.29) is 5.91 Å². The highest BCUT2D eigenvalue weighted by Gasteiger charge is 2.38. The van der Waals surface area contributed by atoms with Crippen LogP contribution >= 0.6 is 0 Å². The summed E-state index contributed by atoms with van der Waals surface area (Å²) in [6.07, 6.45) is 6.64. The zero-order valence-corrected chi connectivity index (χ0v) is 14.0. The van der Waals surface area contributed by atoms with Gasteiger partial charge in [0.1, 0.15) is 5.54 Å². The number of rotatable bonds is 3. The molecule has 0 fully saturated rings. The van der Waals surface area contributed by atoms with Gasteiger partial charge >= 0.3 is 0 Å². The van der Waals surface area contributed by atoms with Gasteiger partial charge in [-0.05, 0) is 30.7 Å². The van der Waals surface area contributed by atoms with E-state index in [0.29, 0.717) is 5.69 Å². The topological polar surface area (TPSA) is 44.4 Å². The lowest BCUT2D eigenvalue weighted by Gasteiger charge is -2.24. The second-order valence-electron chi connectivity index (χ2n) is 6.06. The average molecular weight is 335 g/mol.